The monoisotopic (exact) mass is 452 g/mol. The summed E-state index contributed by atoms with van der Waals surface area (Å²) in [6.07, 6.45) is 10.9. The van der Waals surface area contributed by atoms with Crippen molar-refractivity contribution in [3.05, 3.63) is 46.5 Å². The summed E-state index contributed by atoms with van der Waals surface area (Å²) in [5.41, 5.74) is 1.73. The molecule has 0 aromatic carbocycles. The number of fused-ring (bicyclic) bond motifs is 3. The average molecular weight is 453 g/mol. The van der Waals surface area contributed by atoms with E-state index in [0.717, 1.165) is 37.7 Å². The fourth-order valence-corrected chi connectivity index (χ4v) is 9.08. The summed E-state index contributed by atoms with van der Waals surface area (Å²) >= 11 is 0. The van der Waals surface area contributed by atoms with Gasteiger partial charge in [0.05, 0.1) is 12.4 Å². The molecule has 1 saturated heterocycles. The van der Waals surface area contributed by atoms with Crippen LogP contribution in [0.1, 0.15) is 83.6 Å². The molecule has 1 aliphatic heterocycles. The minimum absolute atomic E-state index is 0.0199. The van der Waals surface area contributed by atoms with E-state index in [-0.39, 0.29) is 28.7 Å². The van der Waals surface area contributed by atoms with Crippen LogP contribution in [0.3, 0.4) is 0 Å². The summed E-state index contributed by atoms with van der Waals surface area (Å²) in [6, 6.07) is 3.53. The van der Waals surface area contributed by atoms with Crippen molar-refractivity contribution < 1.29 is 18.7 Å². The van der Waals surface area contributed by atoms with Crippen LogP contribution in [0.5, 0.6) is 0 Å². The predicted octanol–water partition coefficient (Wildman–Crippen LogP) is 5.39. The third-order valence-corrected chi connectivity index (χ3v) is 10.8. The second kappa shape index (κ2) is 7.07. The fraction of sp³-hybridized carbons (Fsp3) is 0.714. The molecule has 5 nitrogen and oxygen atoms in total. The smallest absolute Gasteiger partial charge is 0.335 e. The van der Waals surface area contributed by atoms with Gasteiger partial charge in [-0.2, -0.15) is 0 Å². The topological polar surface area (TPSA) is 69.0 Å². The second-order valence-electron chi connectivity index (χ2n) is 12.1. The lowest BCUT2D eigenvalue weighted by Gasteiger charge is -2.61. The molecular formula is C28H36O5. The largest absolute Gasteiger partial charge is 0.459 e. The highest BCUT2D eigenvalue weighted by atomic mass is 16.6. The van der Waals surface area contributed by atoms with Gasteiger partial charge in [-0.15, -0.1) is 0 Å². The Kier molecular flexibility index (Phi) is 4.63. The molecule has 0 amide bonds. The van der Waals surface area contributed by atoms with E-state index in [9.17, 15) is 9.59 Å². The maximum Gasteiger partial charge on any atom is 0.335 e. The molecule has 0 bridgehead atoms. The molecule has 9 atom stereocenters. The van der Waals surface area contributed by atoms with Gasteiger partial charge < -0.3 is 13.9 Å². The van der Waals surface area contributed by atoms with Crippen LogP contribution in [0, 0.1) is 28.6 Å². The lowest BCUT2D eigenvalue weighted by atomic mass is 9.44. The van der Waals surface area contributed by atoms with E-state index >= 15 is 0 Å². The Hall–Kier alpha value is -1.88. The number of carbonyl (C=O) groups excluding carboxylic acids is 1. The zero-order chi connectivity index (χ0) is 23.2. The van der Waals surface area contributed by atoms with Crippen LogP contribution in [0.25, 0.3) is 0 Å². The number of hydrogen-bond acceptors (Lipinski definition) is 5. The standard InChI is InChI=1S/C28H36O5/c1-16(2)25(30)32-19-9-11-26(3)18(13-19)6-7-21-20(26)10-12-27(4)22(14-23-28(21,27)33-23)17-5-8-24(29)31-15-17/h5,8,15,18-23H,1,6-7,9-14H2,2-4H3/t18-,19-,20-,21+,22+,23-,26-,27+,28-/m0/s1. The first-order valence-electron chi connectivity index (χ1n) is 12.8. The molecular weight excluding hydrogens is 416 g/mol. The van der Waals surface area contributed by atoms with Crippen LogP contribution >= 0.6 is 0 Å². The van der Waals surface area contributed by atoms with E-state index < -0.39 is 0 Å². The van der Waals surface area contributed by atoms with Gasteiger partial charge in [-0.25, -0.2) is 9.59 Å². The molecule has 0 unspecified atom stereocenters. The number of esters is 1. The molecule has 5 fully saturated rings. The summed E-state index contributed by atoms with van der Waals surface area (Å²) in [5, 5.41) is 0. The van der Waals surface area contributed by atoms with Gasteiger partial charge in [0.25, 0.3) is 0 Å². The first kappa shape index (κ1) is 21.6. The quantitative estimate of drug-likeness (QED) is 0.350. The number of ether oxygens (including phenoxy) is 2. The van der Waals surface area contributed by atoms with Gasteiger partial charge in [0.1, 0.15) is 11.7 Å². The molecule has 2 heterocycles. The van der Waals surface area contributed by atoms with Crippen molar-refractivity contribution in [2.45, 2.75) is 95.9 Å². The van der Waals surface area contributed by atoms with Gasteiger partial charge in [0.15, 0.2) is 0 Å². The van der Waals surface area contributed by atoms with E-state index in [1.807, 2.05) is 6.07 Å². The van der Waals surface area contributed by atoms with Crippen LogP contribution in [0.4, 0.5) is 0 Å². The van der Waals surface area contributed by atoms with Crippen molar-refractivity contribution in [2.75, 3.05) is 0 Å². The van der Waals surface area contributed by atoms with Crippen molar-refractivity contribution in [3.63, 3.8) is 0 Å². The molecule has 4 aliphatic carbocycles. The van der Waals surface area contributed by atoms with Crippen molar-refractivity contribution >= 4 is 5.97 Å². The average Bonchev–Trinajstić information content (AvgIpc) is 3.44. The third kappa shape index (κ3) is 2.87. The minimum atomic E-state index is -0.280. The SMILES string of the molecule is C=C(C)C(=O)O[C@H]1CC[C@@]2(C)[C@@H](CC[C@@H]3[C@@H]2CC[C@]2(C)[C@@H](c4ccc(=O)oc4)C[C@@H]4O[C@]432)C1. The Morgan fingerprint density at radius 2 is 1.91 bits per heavy atom. The van der Waals surface area contributed by atoms with Crippen LogP contribution < -0.4 is 5.63 Å². The summed E-state index contributed by atoms with van der Waals surface area (Å²) in [6.45, 7) is 10.4. The fourth-order valence-electron chi connectivity index (χ4n) is 9.08. The number of rotatable bonds is 3. The van der Waals surface area contributed by atoms with Gasteiger partial charge in [0.2, 0.25) is 0 Å². The van der Waals surface area contributed by atoms with E-state index in [4.69, 9.17) is 13.9 Å². The molecule has 178 valence electrons. The van der Waals surface area contributed by atoms with Crippen molar-refractivity contribution in [1.29, 1.82) is 0 Å². The summed E-state index contributed by atoms with van der Waals surface area (Å²) in [7, 11) is 0. The van der Waals surface area contributed by atoms with Crippen LogP contribution in [-0.4, -0.2) is 23.8 Å². The van der Waals surface area contributed by atoms with Crippen LogP contribution in [0.15, 0.2) is 39.8 Å². The Morgan fingerprint density at radius 1 is 1.09 bits per heavy atom. The summed E-state index contributed by atoms with van der Waals surface area (Å²) < 4.78 is 17.7. The highest BCUT2D eigenvalue weighted by molar-refractivity contribution is 5.87. The molecule has 0 radical (unpaired) electrons. The molecule has 0 N–H and O–H groups in total. The second-order valence-corrected chi connectivity index (χ2v) is 12.1. The third-order valence-electron chi connectivity index (χ3n) is 10.8. The first-order chi connectivity index (χ1) is 15.7. The summed E-state index contributed by atoms with van der Waals surface area (Å²) in [4.78, 5) is 23.6. The lowest BCUT2D eigenvalue weighted by molar-refractivity contribution is -0.161. The predicted molar refractivity (Wildman–Crippen MR) is 124 cm³/mol. The van der Waals surface area contributed by atoms with Crippen molar-refractivity contribution in [1.82, 2.24) is 0 Å². The van der Waals surface area contributed by atoms with Gasteiger partial charge in [-0.05, 0) is 99.0 Å². The molecule has 4 saturated carbocycles. The van der Waals surface area contributed by atoms with Crippen LogP contribution in [-0.2, 0) is 14.3 Å². The molecule has 1 aromatic rings. The Balaban J connectivity index is 1.24. The number of carbonyl (C=O) groups is 1. The number of epoxide rings is 1. The molecule has 6 rings (SSSR count). The maximum absolute atomic E-state index is 12.1. The Labute approximate surface area is 195 Å². The van der Waals surface area contributed by atoms with Crippen molar-refractivity contribution in [3.8, 4) is 0 Å². The van der Waals surface area contributed by atoms with Crippen molar-refractivity contribution in [2.24, 2.45) is 28.6 Å². The van der Waals surface area contributed by atoms with Gasteiger partial charge >= 0.3 is 11.6 Å². The van der Waals surface area contributed by atoms with Crippen LogP contribution in [0.2, 0.25) is 0 Å². The van der Waals surface area contributed by atoms with E-state index in [2.05, 4.69) is 20.4 Å². The van der Waals surface area contributed by atoms with Gasteiger partial charge in [-0.1, -0.05) is 20.4 Å². The Bertz CT molecular complexity index is 1040. The molecule has 1 aromatic heterocycles. The van der Waals surface area contributed by atoms with Gasteiger partial charge in [-0.3, -0.25) is 0 Å². The molecule has 1 spiro atoms. The van der Waals surface area contributed by atoms with E-state index in [1.165, 1.54) is 19.3 Å². The Morgan fingerprint density at radius 3 is 2.64 bits per heavy atom. The molecule has 33 heavy (non-hydrogen) atoms. The highest BCUT2D eigenvalue weighted by Gasteiger charge is 2.80. The lowest BCUT2D eigenvalue weighted by Crippen LogP contribution is -2.58. The molecule has 5 heteroatoms. The van der Waals surface area contributed by atoms with E-state index in [0.29, 0.717) is 40.8 Å². The molecule has 5 aliphatic rings. The zero-order valence-corrected chi connectivity index (χ0v) is 20.1. The maximum atomic E-state index is 12.1. The summed E-state index contributed by atoms with van der Waals surface area (Å²) in [5.74, 6) is 2.02. The van der Waals surface area contributed by atoms with E-state index in [1.54, 1.807) is 19.3 Å². The number of hydrogen-bond donors (Lipinski definition) is 0. The van der Waals surface area contributed by atoms with Gasteiger partial charge in [0, 0.05) is 17.1 Å². The highest BCUT2D eigenvalue weighted by Crippen LogP contribution is 2.78. The first-order valence-corrected chi connectivity index (χ1v) is 12.8. The zero-order valence-electron chi connectivity index (χ0n) is 20.1. The minimum Gasteiger partial charge on any atom is -0.459 e. The normalized spacial score (nSPS) is 47.5.